The van der Waals surface area contributed by atoms with Gasteiger partial charge in [-0.2, -0.15) is 0 Å². The van der Waals surface area contributed by atoms with E-state index in [9.17, 15) is 22.4 Å². The molecule has 1 amide bonds. The van der Waals surface area contributed by atoms with Crippen LogP contribution in [0.1, 0.15) is 28.8 Å². The van der Waals surface area contributed by atoms with Crippen molar-refractivity contribution in [3.8, 4) is 0 Å². The molecule has 0 heterocycles. The lowest BCUT2D eigenvalue weighted by Gasteiger charge is -2.12. The lowest BCUT2D eigenvalue weighted by atomic mass is 10.1. The summed E-state index contributed by atoms with van der Waals surface area (Å²) < 4.78 is 38.0. The Labute approximate surface area is 158 Å². The van der Waals surface area contributed by atoms with E-state index in [4.69, 9.17) is 0 Å². The van der Waals surface area contributed by atoms with Crippen LogP contribution in [0.15, 0.2) is 53.4 Å². The van der Waals surface area contributed by atoms with Gasteiger partial charge in [-0.3, -0.25) is 9.59 Å². The highest BCUT2D eigenvalue weighted by Gasteiger charge is 2.16. The van der Waals surface area contributed by atoms with Crippen molar-refractivity contribution < 1.29 is 22.4 Å². The van der Waals surface area contributed by atoms with Crippen LogP contribution in [-0.4, -0.2) is 38.5 Å². The quantitative estimate of drug-likeness (QED) is 0.699. The van der Waals surface area contributed by atoms with Gasteiger partial charge in [0.2, 0.25) is 15.9 Å². The van der Waals surface area contributed by atoms with Gasteiger partial charge in [-0.05, 0) is 42.0 Å². The Bertz CT molecular complexity index is 908. The molecule has 0 fully saturated rings. The van der Waals surface area contributed by atoms with E-state index >= 15 is 0 Å². The Kier molecular flexibility index (Phi) is 6.81. The molecule has 0 saturated carbocycles. The minimum absolute atomic E-state index is 0.0172. The van der Waals surface area contributed by atoms with E-state index < -0.39 is 15.8 Å². The molecule has 0 atom stereocenters. The van der Waals surface area contributed by atoms with Gasteiger partial charge in [0, 0.05) is 39.0 Å². The second kappa shape index (κ2) is 8.88. The van der Waals surface area contributed by atoms with Crippen LogP contribution in [0.3, 0.4) is 0 Å². The van der Waals surface area contributed by atoms with Crippen LogP contribution in [0, 0.1) is 5.82 Å². The Hall–Kier alpha value is -2.58. The second-order valence-corrected chi connectivity index (χ2v) is 8.29. The molecule has 0 aliphatic heterocycles. The zero-order chi connectivity index (χ0) is 20.0. The third-order valence-electron chi connectivity index (χ3n) is 3.94. The Balaban J connectivity index is 1.83. The number of nitrogens with zero attached hydrogens (tertiary/aromatic N) is 1. The number of benzene rings is 2. The molecule has 0 unspecified atom stereocenters. The highest BCUT2D eigenvalue weighted by molar-refractivity contribution is 7.89. The zero-order valence-electron chi connectivity index (χ0n) is 15.1. The number of ketones is 1. The van der Waals surface area contributed by atoms with Crippen molar-refractivity contribution in [2.75, 3.05) is 14.1 Å². The number of Topliss-reactive ketones (excluding diaryl/α,β-unsaturated/α-hetero) is 1. The SMILES string of the molecule is CN(C)S(=O)(=O)c1ccc(CNC(=O)CCC(=O)c2ccc(F)cc2)cc1. The Morgan fingerprint density at radius 3 is 2.11 bits per heavy atom. The van der Waals surface area contributed by atoms with Gasteiger partial charge in [-0.25, -0.2) is 17.1 Å². The molecule has 27 heavy (non-hydrogen) atoms. The molecule has 1 N–H and O–H groups in total. The number of hydrogen-bond acceptors (Lipinski definition) is 4. The summed E-state index contributed by atoms with van der Waals surface area (Å²) >= 11 is 0. The standard InChI is InChI=1S/C19H21FN2O4S/c1-22(2)27(25,26)17-9-3-14(4-10-17)13-21-19(24)12-11-18(23)15-5-7-16(20)8-6-15/h3-10H,11-13H2,1-2H3,(H,21,24). The molecule has 2 rings (SSSR count). The van der Waals surface area contributed by atoms with E-state index in [1.54, 1.807) is 12.1 Å². The normalized spacial score (nSPS) is 11.4. The van der Waals surface area contributed by atoms with Crippen molar-refractivity contribution in [2.45, 2.75) is 24.3 Å². The number of halogens is 1. The average Bonchev–Trinajstić information content (AvgIpc) is 2.65. The van der Waals surface area contributed by atoms with Gasteiger partial charge < -0.3 is 5.32 Å². The van der Waals surface area contributed by atoms with Crippen molar-refractivity contribution in [1.29, 1.82) is 0 Å². The number of sulfonamides is 1. The highest BCUT2D eigenvalue weighted by Crippen LogP contribution is 2.14. The van der Waals surface area contributed by atoms with E-state index in [1.165, 1.54) is 50.5 Å². The predicted octanol–water partition coefficient (Wildman–Crippen LogP) is 2.36. The van der Waals surface area contributed by atoms with Crippen LogP contribution in [-0.2, 0) is 21.4 Å². The molecule has 0 bridgehead atoms. The van der Waals surface area contributed by atoms with Gasteiger partial charge in [0.05, 0.1) is 4.90 Å². The third-order valence-corrected chi connectivity index (χ3v) is 5.77. The number of rotatable bonds is 8. The van der Waals surface area contributed by atoms with E-state index in [1.807, 2.05) is 0 Å². The van der Waals surface area contributed by atoms with Crippen molar-refractivity contribution in [3.63, 3.8) is 0 Å². The summed E-state index contributed by atoms with van der Waals surface area (Å²) in [5, 5.41) is 2.68. The topological polar surface area (TPSA) is 83.6 Å². The molecule has 0 spiro atoms. The fourth-order valence-electron chi connectivity index (χ4n) is 2.29. The maximum Gasteiger partial charge on any atom is 0.242 e. The van der Waals surface area contributed by atoms with Crippen LogP contribution >= 0.6 is 0 Å². The zero-order valence-corrected chi connectivity index (χ0v) is 15.9. The summed E-state index contributed by atoms with van der Waals surface area (Å²) in [5.74, 6) is -0.951. The van der Waals surface area contributed by atoms with Gasteiger partial charge in [0.25, 0.3) is 0 Å². The van der Waals surface area contributed by atoms with Crippen molar-refractivity contribution in [3.05, 3.63) is 65.5 Å². The first-order valence-corrected chi connectivity index (χ1v) is 9.71. The van der Waals surface area contributed by atoms with E-state index in [2.05, 4.69) is 5.32 Å². The summed E-state index contributed by atoms with van der Waals surface area (Å²) in [6, 6.07) is 11.4. The lowest BCUT2D eigenvalue weighted by molar-refractivity contribution is -0.121. The predicted molar refractivity (Wildman–Crippen MR) is 99.1 cm³/mol. The van der Waals surface area contributed by atoms with Crippen LogP contribution in [0.5, 0.6) is 0 Å². The monoisotopic (exact) mass is 392 g/mol. The first-order chi connectivity index (χ1) is 12.7. The summed E-state index contributed by atoms with van der Waals surface area (Å²) in [4.78, 5) is 24.0. The number of carbonyl (C=O) groups excluding carboxylic acids is 2. The van der Waals surface area contributed by atoms with Crippen LogP contribution < -0.4 is 5.32 Å². The van der Waals surface area contributed by atoms with Crippen molar-refractivity contribution in [2.24, 2.45) is 0 Å². The molecular weight excluding hydrogens is 371 g/mol. The maximum absolute atomic E-state index is 12.8. The number of amides is 1. The van der Waals surface area contributed by atoms with Gasteiger partial charge >= 0.3 is 0 Å². The molecule has 0 radical (unpaired) electrons. The first kappa shape index (κ1) is 20.7. The molecule has 0 saturated heterocycles. The van der Waals surface area contributed by atoms with Crippen LogP contribution in [0.2, 0.25) is 0 Å². The second-order valence-electron chi connectivity index (χ2n) is 6.14. The van der Waals surface area contributed by atoms with Gasteiger partial charge in [0.15, 0.2) is 5.78 Å². The smallest absolute Gasteiger partial charge is 0.242 e. The van der Waals surface area contributed by atoms with Crippen molar-refractivity contribution >= 4 is 21.7 Å². The Morgan fingerprint density at radius 1 is 0.963 bits per heavy atom. The minimum atomic E-state index is -3.49. The molecular formula is C19H21FN2O4S. The summed E-state index contributed by atoms with van der Waals surface area (Å²) in [5.41, 5.74) is 1.10. The highest BCUT2D eigenvalue weighted by atomic mass is 32.2. The fraction of sp³-hybridized carbons (Fsp3) is 0.263. The molecule has 144 valence electrons. The van der Waals surface area contributed by atoms with E-state index in [0.717, 1.165) is 9.87 Å². The van der Waals surface area contributed by atoms with Crippen molar-refractivity contribution in [1.82, 2.24) is 9.62 Å². The number of hydrogen-bond donors (Lipinski definition) is 1. The molecule has 2 aromatic rings. The molecule has 8 heteroatoms. The third kappa shape index (κ3) is 5.70. The average molecular weight is 392 g/mol. The van der Waals surface area contributed by atoms with Crippen LogP contribution in [0.4, 0.5) is 4.39 Å². The molecule has 2 aromatic carbocycles. The maximum atomic E-state index is 12.8. The minimum Gasteiger partial charge on any atom is -0.352 e. The fourth-order valence-corrected chi connectivity index (χ4v) is 3.19. The summed E-state index contributed by atoms with van der Waals surface area (Å²) in [6.07, 6.45) is 0.0424. The number of nitrogens with one attached hydrogen (secondary N) is 1. The molecule has 6 nitrogen and oxygen atoms in total. The first-order valence-electron chi connectivity index (χ1n) is 8.27. The molecule has 0 aliphatic carbocycles. The molecule has 0 aromatic heterocycles. The lowest BCUT2D eigenvalue weighted by Crippen LogP contribution is -2.24. The largest absolute Gasteiger partial charge is 0.352 e. The van der Waals surface area contributed by atoms with E-state index in [0.29, 0.717) is 5.56 Å². The van der Waals surface area contributed by atoms with Crippen LogP contribution in [0.25, 0.3) is 0 Å². The van der Waals surface area contributed by atoms with Gasteiger partial charge in [-0.1, -0.05) is 12.1 Å². The van der Waals surface area contributed by atoms with Gasteiger partial charge in [0.1, 0.15) is 5.82 Å². The summed E-state index contributed by atoms with van der Waals surface area (Å²) in [7, 11) is -0.577. The molecule has 0 aliphatic rings. The van der Waals surface area contributed by atoms with E-state index in [-0.39, 0.29) is 36.0 Å². The Morgan fingerprint density at radius 2 is 1.56 bits per heavy atom. The number of carbonyl (C=O) groups is 2. The van der Waals surface area contributed by atoms with Gasteiger partial charge in [-0.15, -0.1) is 0 Å². The summed E-state index contributed by atoms with van der Waals surface area (Å²) in [6.45, 7) is 0.228.